The maximum absolute atomic E-state index is 12.1. The van der Waals surface area contributed by atoms with Crippen LogP contribution in [-0.2, 0) is 9.59 Å². The summed E-state index contributed by atoms with van der Waals surface area (Å²) in [5.41, 5.74) is 5.60. The number of carbonyl (C=O) groups is 2. The summed E-state index contributed by atoms with van der Waals surface area (Å²) < 4.78 is 0. The number of nitrogens with zero attached hydrogens (tertiary/aromatic N) is 1. The number of rotatable bonds is 7. The van der Waals surface area contributed by atoms with Gasteiger partial charge in [0.15, 0.2) is 0 Å². The Kier molecular flexibility index (Phi) is 7.48. The molecule has 1 saturated heterocycles. The number of hydrogen-bond acceptors (Lipinski definition) is 3. The first kappa shape index (κ1) is 16.0. The van der Waals surface area contributed by atoms with Crippen LogP contribution in [-0.4, -0.2) is 42.9 Å². The first-order chi connectivity index (χ1) is 9.17. The molecule has 0 saturated carbocycles. The molecule has 5 nitrogen and oxygen atoms in total. The summed E-state index contributed by atoms with van der Waals surface area (Å²) in [5.74, 6) is 0.604. The number of nitrogens with two attached hydrogens (primary N) is 1. The minimum Gasteiger partial charge on any atom is -0.354 e. The highest BCUT2D eigenvalue weighted by molar-refractivity contribution is 5.85. The fraction of sp³-hybridized carbons (Fsp3) is 0.857. The predicted octanol–water partition coefficient (Wildman–Crippen LogP) is 0.880. The molecule has 0 aliphatic carbocycles. The van der Waals surface area contributed by atoms with Gasteiger partial charge in [0.25, 0.3) is 0 Å². The molecule has 0 radical (unpaired) electrons. The number of amides is 2. The van der Waals surface area contributed by atoms with Gasteiger partial charge in [-0.15, -0.1) is 0 Å². The molecule has 110 valence electrons. The van der Waals surface area contributed by atoms with Gasteiger partial charge in [-0.25, -0.2) is 0 Å². The average Bonchev–Trinajstić information content (AvgIpc) is 2.61. The lowest BCUT2D eigenvalue weighted by atomic mass is 9.94. The molecule has 0 aromatic heterocycles. The summed E-state index contributed by atoms with van der Waals surface area (Å²) >= 11 is 0. The van der Waals surface area contributed by atoms with Crippen molar-refractivity contribution in [3.63, 3.8) is 0 Å². The predicted molar refractivity (Wildman–Crippen MR) is 75.5 cm³/mol. The Bertz CT molecular complexity index is 288. The zero-order chi connectivity index (χ0) is 14.1. The van der Waals surface area contributed by atoms with Crippen molar-refractivity contribution in [2.24, 2.45) is 11.7 Å². The molecule has 0 aromatic carbocycles. The van der Waals surface area contributed by atoms with Crippen molar-refractivity contribution in [2.45, 2.75) is 45.4 Å². The summed E-state index contributed by atoms with van der Waals surface area (Å²) in [6.45, 7) is 4.42. The average molecular weight is 269 g/mol. The normalized spacial score (nSPS) is 17.8. The molecule has 1 atom stereocenters. The Hall–Kier alpha value is -1.10. The Labute approximate surface area is 115 Å². The zero-order valence-corrected chi connectivity index (χ0v) is 12.0. The van der Waals surface area contributed by atoms with E-state index in [0.717, 1.165) is 32.1 Å². The van der Waals surface area contributed by atoms with E-state index >= 15 is 0 Å². The highest BCUT2D eigenvalue weighted by Crippen LogP contribution is 2.17. The van der Waals surface area contributed by atoms with E-state index in [2.05, 4.69) is 12.2 Å². The van der Waals surface area contributed by atoms with Crippen molar-refractivity contribution in [2.75, 3.05) is 26.2 Å². The smallest absolute Gasteiger partial charge is 0.239 e. The van der Waals surface area contributed by atoms with E-state index in [-0.39, 0.29) is 18.4 Å². The van der Waals surface area contributed by atoms with Crippen molar-refractivity contribution in [3.8, 4) is 0 Å². The Morgan fingerprint density at radius 2 is 2.21 bits per heavy atom. The van der Waals surface area contributed by atoms with Crippen LogP contribution >= 0.6 is 0 Å². The van der Waals surface area contributed by atoms with Crippen LogP contribution in [0.1, 0.15) is 45.4 Å². The Morgan fingerprint density at radius 3 is 2.89 bits per heavy atom. The third-order valence-electron chi connectivity index (χ3n) is 3.65. The van der Waals surface area contributed by atoms with E-state index in [1.807, 2.05) is 0 Å². The molecule has 0 aromatic rings. The van der Waals surface area contributed by atoms with Gasteiger partial charge in [-0.05, 0) is 31.7 Å². The highest BCUT2D eigenvalue weighted by Gasteiger charge is 2.20. The molecule has 1 rings (SSSR count). The molecular weight excluding hydrogens is 242 g/mol. The maximum Gasteiger partial charge on any atom is 0.239 e. The second kappa shape index (κ2) is 8.91. The topological polar surface area (TPSA) is 75.4 Å². The largest absolute Gasteiger partial charge is 0.354 e. The number of nitrogens with one attached hydrogen (secondary N) is 1. The van der Waals surface area contributed by atoms with Crippen LogP contribution in [0, 0.1) is 5.92 Å². The van der Waals surface area contributed by atoms with Crippen LogP contribution in [0.25, 0.3) is 0 Å². The van der Waals surface area contributed by atoms with E-state index < -0.39 is 0 Å². The number of carbonyl (C=O) groups excluding carboxylic acids is 2. The van der Waals surface area contributed by atoms with Crippen LogP contribution in [0.3, 0.4) is 0 Å². The summed E-state index contributed by atoms with van der Waals surface area (Å²) in [6, 6.07) is 0. The third-order valence-corrected chi connectivity index (χ3v) is 3.65. The van der Waals surface area contributed by atoms with Crippen molar-refractivity contribution in [3.05, 3.63) is 0 Å². The minimum absolute atomic E-state index is 0.0436. The SMILES string of the molecule is CCCC(CCN)CCC(=O)N1CCCNC(=O)C1. The molecule has 5 heteroatoms. The molecule has 2 amide bonds. The molecule has 19 heavy (non-hydrogen) atoms. The lowest BCUT2D eigenvalue weighted by Gasteiger charge is -2.21. The van der Waals surface area contributed by atoms with Crippen LogP contribution < -0.4 is 11.1 Å². The van der Waals surface area contributed by atoms with Crippen LogP contribution in [0.4, 0.5) is 0 Å². The van der Waals surface area contributed by atoms with Crippen molar-refractivity contribution in [1.82, 2.24) is 10.2 Å². The van der Waals surface area contributed by atoms with Gasteiger partial charge < -0.3 is 16.0 Å². The summed E-state index contributed by atoms with van der Waals surface area (Å²) in [7, 11) is 0. The Balaban J connectivity index is 2.37. The summed E-state index contributed by atoms with van der Waals surface area (Å²) in [5, 5.41) is 2.79. The van der Waals surface area contributed by atoms with E-state index in [1.165, 1.54) is 0 Å². The highest BCUT2D eigenvalue weighted by atomic mass is 16.2. The van der Waals surface area contributed by atoms with E-state index in [9.17, 15) is 9.59 Å². The van der Waals surface area contributed by atoms with Crippen LogP contribution in [0.2, 0.25) is 0 Å². The minimum atomic E-state index is -0.0436. The van der Waals surface area contributed by atoms with Crippen molar-refractivity contribution >= 4 is 11.8 Å². The van der Waals surface area contributed by atoms with Crippen molar-refractivity contribution in [1.29, 1.82) is 0 Å². The van der Waals surface area contributed by atoms with Gasteiger partial charge >= 0.3 is 0 Å². The fourth-order valence-corrected chi connectivity index (χ4v) is 2.58. The lowest BCUT2D eigenvalue weighted by molar-refractivity contribution is -0.135. The second-order valence-electron chi connectivity index (χ2n) is 5.29. The fourth-order valence-electron chi connectivity index (χ4n) is 2.58. The van der Waals surface area contributed by atoms with Gasteiger partial charge in [0, 0.05) is 19.5 Å². The molecule has 0 bridgehead atoms. The van der Waals surface area contributed by atoms with Gasteiger partial charge in [-0.1, -0.05) is 19.8 Å². The van der Waals surface area contributed by atoms with Gasteiger partial charge in [-0.3, -0.25) is 9.59 Å². The molecule has 1 heterocycles. The van der Waals surface area contributed by atoms with Gasteiger partial charge in [0.1, 0.15) is 0 Å². The molecule has 1 aliphatic heterocycles. The molecule has 0 spiro atoms. The van der Waals surface area contributed by atoms with Gasteiger partial charge in [0.05, 0.1) is 6.54 Å². The van der Waals surface area contributed by atoms with E-state index in [1.54, 1.807) is 4.90 Å². The third kappa shape index (κ3) is 6.05. The first-order valence-corrected chi connectivity index (χ1v) is 7.42. The molecule has 1 aliphatic rings. The summed E-state index contributed by atoms with van der Waals surface area (Å²) in [6.07, 6.45) is 5.52. The van der Waals surface area contributed by atoms with E-state index in [0.29, 0.717) is 32.0 Å². The molecule has 1 fully saturated rings. The van der Waals surface area contributed by atoms with Crippen LogP contribution in [0.15, 0.2) is 0 Å². The first-order valence-electron chi connectivity index (χ1n) is 7.42. The van der Waals surface area contributed by atoms with Gasteiger partial charge in [-0.2, -0.15) is 0 Å². The molecule has 1 unspecified atom stereocenters. The second-order valence-corrected chi connectivity index (χ2v) is 5.29. The number of hydrogen-bond donors (Lipinski definition) is 2. The standard InChI is InChI=1S/C14H27N3O2/c1-2-4-12(7-8-15)5-6-14(19)17-10-3-9-16-13(18)11-17/h12H,2-11,15H2,1H3,(H,16,18). The maximum atomic E-state index is 12.1. The van der Waals surface area contributed by atoms with Crippen LogP contribution in [0.5, 0.6) is 0 Å². The monoisotopic (exact) mass is 269 g/mol. The van der Waals surface area contributed by atoms with E-state index in [4.69, 9.17) is 5.73 Å². The van der Waals surface area contributed by atoms with Crippen molar-refractivity contribution < 1.29 is 9.59 Å². The molecule has 3 N–H and O–H groups in total. The lowest BCUT2D eigenvalue weighted by Crippen LogP contribution is -2.37. The quantitative estimate of drug-likeness (QED) is 0.720. The van der Waals surface area contributed by atoms with Gasteiger partial charge in [0.2, 0.25) is 11.8 Å². The molecular formula is C14H27N3O2. The summed E-state index contributed by atoms with van der Waals surface area (Å²) in [4.78, 5) is 25.2. The Morgan fingerprint density at radius 1 is 1.42 bits per heavy atom. The zero-order valence-electron chi connectivity index (χ0n) is 12.0.